The van der Waals surface area contributed by atoms with Gasteiger partial charge in [0.25, 0.3) is 0 Å². The Hall–Kier alpha value is -1.24. The van der Waals surface area contributed by atoms with Crippen molar-refractivity contribution in [1.82, 2.24) is 0 Å². The second-order valence-electron chi connectivity index (χ2n) is 3.93. The fraction of sp³-hybridized carbons (Fsp3) is 0.385. The molecule has 0 aliphatic heterocycles. The van der Waals surface area contributed by atoms with Gasteiger partial charge in [0.05, 0.1) is 12.4 Å². The minimum absolute atomic E-state index is 0.173. The third-order valence-electron chi connectivity index (χ3n) is 2.23. The molecule has 1 aromatic rings. The van der Waals surface area contributed by atoms with Crippen LogP contribution in [0.15, 0.2) is 24.3 Å². The Morgan fingerprint density at radius 3 is 2.90 bits per heavy atom. The summed E-state index contributed by atoms with van der Waals surface area (Å²) in [4.78, 5) is 22.9. The zero-order valence-corrected chi connectivity index (χ0v) is 12.7. The fourth-order valence-electron chi connectivity index (χ4n) is 1.36. The molecule has 110 valence electrons. The van der Waals surface area contributed by atoms with E-state index in [1.54, 1.807) is 31.2 Å². The van der Waals surface area contributed by atoms with E-state index in [0.29, 0.717) is 23.1 Å². The molecule has 1 unspecified atom stereocenters. The van der Waals surface area contributed by atoms with Crippen molar-refractivity contribution in [2.24, 2.45) is 5.73 Å². The van der Waals surface area contributed by atoms with Gasteiger partial charge < -0.3 is 15.8 Å². The molecule has 1 aromatic carbocycles. The van der Waals surface area contributed by atoms with E-state index in [9.17, 15) is 9.59 Å². The number of hydrogen-bond acceptors (Lipinski definition) is 5. The Morgan fingerprint density at radius 2 is 2.25 bits per heavy atom. The Labute approximate surface area is 127 Å². The van der Waals surface area contributed by atoms with Gasteiger partial charge in [-0.25, -0.2) is 0 Å². The summed E-state index contributed by atoms with van der Waals surface area (Å²) in [6.07, 6.45) is 0. The van der Waals surface area contributed by atoms with E-state index >= 15 is 0 Å². The average Bonchev–Trinajstić information content (AvgIpc) is 2.38. The first-order valence-electron chi connectivity index (χ1n) is 6.08. The van der Waals surface area contributed by atoms with Crippen LogP contribution in [0.2, 0.25) is 5.02 Å². The molecule has 1 atom stereocenters. The maximum Gasteiger partial charge on any atom is 0.323 e. The average molecular weight is 317 g/mol. The molecule has 0 saturated heterocycles. The molecule has 5 nitrogen and oxygen atoms in total. The summed E-state index contributed by atoms with van der Waals surface area (Å²) >= 11 is 7.09. The van der Waals surface area contributed by atoms with E-state index in [0.717, 1.165) is 0 Å². The van der Waals surface area contributed by atoms with Gasteiger partial charge >= 0.3 is 5.97 Å². The van der Waals surface area contributed by atoms with E-state index in [-0.39, 0.29) is 11.7 Å². The Bertz CT molecular complexity index is 471. The van der Waals surface area contributed by atoms with Gasteiger partial charge in [-0.3, -0.25) is 9.59 Å². The predicted octanol–water partition coefficient (Wildman–Crippen LogP) is 1.90. The number of rotatable bonds is 7. The lowest BCUT2D eigenvalue weighted by atomic mass is 10.3. The highest BCUT2D eigenvalue weighted by atomic mass is 35.5. The lowest BCUT2D eigenvalue weighted by molar-refractivity contribution is -0.144. The van der Waals surface area contributed by atoms with E-state index in [1.165, 1.54) is 11.8 Å². The Morgan fingerprint density at radius 1 is 1.50 bits per heavy atom. The number of anilines is 1. The molecule has 0 fully saturated rings. The standard InChI is InChI=1S/C13H17ClN2O3S/c1-2-19-13(18)11(15)7-20-8-12(17)16-10-5-3-4-9(14)6-10/h3-6,11H,2,7-8,15H2,1H3,(H,16,17). The van der Waals surface area contributed by atoms with Gasteiger partial charge in [0, 0.05) is 16.5 Å². The van der Waals surface area contributed by atoms with Gasteiger partial charge in [0.2, 0.25) is 5.91 Å². The molecule has 0 heterocycles. The van der Waals surface area contributed by atoms with Gasteiger partial charge in [-0.05, 0) is 25.1 Å². The number of amides is 1. The van der Waals surface area contributed by atoms with Crippen LogP contribution in [0.4, 0.5) is 5.69 Å². The fourth-order valence-corrected chi connectivity index (χ4v) is 2.31. The highest BCUT2D eigenvalue weighted by Crippen LogP contribution is 2.15. The first kappa shape index (κ1) is 16.8. The topological polar surface area (TPSA) is 81.4 Å². The molecule has 3 N–H and O–H groups in total. The third-order valence-corrected chi connectivity index (χ3v) is 3.52. The Balaban J connectivity index is 2.28. The molecule has 0 aromatic heterocycles. The van der Waals surface area contributed by atoms with Crippen LogP contribution >= 0.6 is 23.4 Å². The van der Waals surface area contributed by atoms with E-state index in [1.807, 2.05) is 0 Å². The summed E-state index contributed by atoms with van der Waals surface area (Å²) in [6.45, 7) is 2.02. The second kappa shape index (κ2) is 8.84. The lowest BCUT2D eigenvalue weighted by Crippen LogP contribution is -2.35. The van der Waals surface area contributed by atoms with Crippen LogP contribution in [0.25, 0.3) is 0 Å². The van der Waals surface area contributed by atoms with E-state index < -0.39 is 12.0 Å². The van der Waals surface area contributed by atoms with Crippen molar-refractivity contribution >= 4 is 40.9 Å². The number of benzene rings is 1. The van der Waals surface area contributed by atoms with Gasteiger partial charge in [0.1, 0.15) is 6.04 Å². The van der Waals surface area contributed by atoms with Crippen LogP contribution in [-0.2, 0) is 14.3 Å². The van der Waals surface area contributed by atoms with E-state index in [4.69, 9.17) is 22.1 Å². The zero-order chi connectivity index (χ0) is 15.0. The zero-order valence-electron chi connectivity index (χ0n) is 11.1. The number of carbonyl (C=O) groups excluding carboxylic acids is 2. The predicted molar refractivity (Wildman–Crippen MR) is 82.0 cm³/mol. The smallest absolute Gasteiger partial charge is 0.323 e. The van der Waals surface area contributed by atoms with Gasteiger partial charge in [-0.2, -0.15) is 0 Å². The largest absolute Gasteiger partial charge is 0.465 e. The number of nitrogens with one attached hydrogen (secondary N) is 1. The van der Waals surface area contributed by atoms with Crippen molar-refractivity contribution in [1.29, 1.82) is 0 Å². The monoisotopic (exact) mass is 316 g/mol. The van der Waals surface area contributed by atoms with Crippen molar-refractivity contribution in [3.63, 3.8) is 0 Å². The number of nitrogens with two attached hydrogens (primary N) is 1. The molecule has 0 spiro atoms. The van der Waals surface area contributed by atoms with E-state index in [2.05, 4.69) is 5.32 Å². The van der Waals surface area contributed by atoms with Crippen LogP contribution in [0.1, 0.15) is 6.92 Å². The van der Waals surface area contributed by atoms with Crippen LogP contribution in [-0.4, -0.2) is 36.0 Å². The number of esters is 1. The molecule has 1 amide bonds. The molecule has 0 aliphatic rings. The quantitative estimate of drug-likeness (QED) is 0.751. The minimum Gasteiger partial charge on any atom is -0.465 e. The normalized spacial score (nSPS) is 11.8. The Kier molecular flexibility index (Phi) is 7.43. The second-order valence-corrected chi connectivity index (χ2v) is 5.40. The first-order valence-corrected chi connectivity index (χ1v) is 7.61. The van der Waals surface area contributed by atoms with Crippen LogP contribution in [0.5, 0.6) is 0 Å². The van der Waals surface area contributed by atoms with Crippen molar-refractivity contribution < 1.29 is 14.3 Å². The number of thioether (sulfide) groups is 1. The minimum atomic E-state index is -0.709. The van der Waals surface area contributed by atoms with Crippen LogP contribution < -0.4 is 11.1 Å². The molecule has 0 saturated carbocycles. The SMILES string of the molecule is CCOC(=O)C(N)CSCC(=O)Nc1cccc(Cl)c1. The van der Waals surface area contributed by atoms with Crippen molar-refractivity contribution in [3.05, 3.63) is 29.3 Å². The van der Waals surface area contributed by atoms with Crippen LogP contribution in [0, 0.1) is 0 Å². The van der Waals surface area contributed by atoms with Gasteiger partial charge in [0.15, 0.2) is 0 Å². The molecule has 7 heteroatoms. The number of hydrogen-bond donors (Lipinski definition) is 2. The summed E-state index contributed by atoms with van der Waals surface area (Å²) in [7, 11) is 0. The highest BCUT2D eigenvalue weighted by Gasteiger charge is 2.15. The van der Waals surface area contributed by atoms with Gasteiger partial charge in [-0.1, -0.05) is 17.7 Å². The third kappa shape index (κ3) is 6.27. The molecule has 1 rings (SSSR count). The number of halogens is 1. The first-order chi connectivity index (χ1) is 9.52. The molecule has 20 heavy (non-hydrogen) atoms. The number of carbonyl (C=O) groups is 2. The van der Waals surface area contributed by atoms with Crippen molar-refractivity contribution in [2.75, 3.05) is 23.4 Å². The van der Waals surface area contributed by atoms with Crippen molar-refractivity contribution in [3.8, 4) is 0 Å². The van der Waals surface area contributed by atoms with Crippen molar-refractivity contribution in [2.45, 2.75) is 13.0 Å². The number of ether oxygens (including phenoxy) is 1. The highest BCUT2D eigenvalue weighted by molar-refractivity contribution is 8.00. The van der Waals surface area contributed by atoms with Gasteiger partial charge in [-0.15, -0.1) is 11.8 Å². The molecule has 0 bridgehead atoms. The summed E-state index contributed by atoms with van der Waals surface area (Å²) in [6, 6.07) is 6.18. The molecular formula is C13H17ClN2O3S. The summed E-state index contributed by atoms with van der Waals surface area (Å²) < 4.78 is 4.78. The molecule has 0 aliphatic carbocycles. The molecular weight excluding hydrogens is 300 g/mol. The summed E-state index contributed by atoms with van der Waals surface area (Å²) in [5.74, 6) is -0.0786. The summed E-state index contributed by atoms with van der Waals surface area (Å²) in [5.41, 5.74) is 6.25. The maximum absolute atomic E-state index is 11.7. The molecule has 0 radical (unpaired) electrons. The lowest BCUT2D eigenvalue weighted by Gasteiger charge is -2.10. The maximum atomic E-state index is 11.7. The van der Waals surface area contributed by atoms with Crippen LogP contribution in [0.3, 0.4) is 0 Å². The summed E-state index contributed by atoms with van der Waals surface area (Å²) in [5, 5.41) is 3.27.